The van der Waals surface area contributed by atoms with Crippen molar-refractivity contribution >= 4 is 34.3 Å². The van der Waals surface area contributed by atoms with Crippen LogP contribution < -0.4 is 5.32 Å². The largest absolute Gasteiger partial charge is 0.300 e. The smallest absolute Gasteiger partial charge is 0.229 e. The van der Waals surface area contributed by atoms with Crippen molar-refractivity contribution in [3.8, 4) is 10.6 Å². The van der Waals surface area contributed by atoms with Crippen molar-refractivity contribution in [3.63, 3.8) is 0 Å². The first-order valence-electron chi connectivity index (χ1n) is 11.0. The zero-order valence-corrected chi connectivity index (χ0v) is 20.7. The fourth-order valence-electron chi connectivity index (χ4n) is 3.67. The average molecular weight is 467 g/mol. The number of piperidine rings is 1. The Balaban J connectivity index is 1.29. The second kappa shape index (κ2) is 9.73. The summed E-state index contributed by atoms with van der Waals surface area (Å²) in [5.74, 6) is 0.0686. The molecule has 5 nitrogen and oxygen atoms in total. The maximum atomic E-state index is 12.8. The molecular weight excluding hydrogens is 436 g/mol. The van der Waals surface area contributed by atoms with Gasteiger partial charge in [0, 0.05) is 29.5 Å². The Kier molecular flexibility index (Phi) is 6.98. The number of amides is 1. The van der Waals surface area contributed by atoms with E-state index >= 15 is 0 Å². The number of aryl methyl sites for hydroxylation is 1. The molecule has 0 bridgehead atoms. The SMILES string of the molecule is Cc1ccc(SN2CCC(C(=O)Nc3nnc(-c4ccc(C(C)(C)C)cc4)s3)CC2)cc1. The quantitative estimate of drug-likeness (QED) is 0.456. The van der Waals surface area contributed by atoms with Crippen LogP contribution in [0.4, 0.5) is 5.13 Å². The summed E-state index contributed by atoms with van der Waals surface area (Å²) in [6, 6.07) is 17.0. The molecule has 3 aromatic rings. The van der Waals surface area contributed by atoms with E-state index in [1.807, 2.05) is 0 Å². The summed E-state index contributed by atoms with van der Waals surface area (Å²) in [5, 5.41) is 12.9. The molecule has 0 aliphatic carbocycles. The standard InChI is InChI=1S/C25H30N4OS2/c1-17-5-11-21(12-6-17)32-29-15-13-18(14-16-29)22(30)26-24-28-27-23(31-24)19-7-9-20(10-8-19)25(2,3)4/h5-12,18H,13-16H2,1-4H3,(H,26,28,30). The summed E-state index contributed by atoms with van der Waals surface area (Å²) in [7, 11) is 0. The number of benzene rings is 2. The van der Waals surface area contributed by atoms with Crippen molar-refractivity contribution < 1.29 is 4.79 Å². The molecule has 2 heterocycles. The van der Waals surface area contributed by atoms with E-state index in [2.05, 4.69) is 96.0 Å². The van der Waals surface area contributed by atoms with Gasteiger partial charge in [0.25, 0.3) is 0 Å². The number of nitrogens with zero attached hydrogens (tertiary/aromatic N) is 3. The number of aromatic nitrogens is 2. The molecule has 0 radical (unpaired) electrons. The predicted molar refractivity (Wildman–Crippen MR) is 134 cm³/mol. The van der Waals surface area contributed by atoms with Gasteiger partial charge in [-0.05, 0) is 54.8 Å². The monoisotopic (exact) mass is 466 g/mol. The highest BCUT2D eigenvalue weighted by Gasteiger charge is 2.26. The second-order valence-corrected chi connectivity index (χ2v) is 11.5. The lowest BCUT2D eigenvalue weighted by atomic mass is 9.87. The molecule has 2 aromatic carbocycles. The van der Waals surface area contributed by atoms with Crippen molar-refractivity contribution in [1.82, 2.24) is 14.5 Å². The number of rotatable bonds is 5. The van der Waals surface area contributed by atoms with Crippen LogP contribution in [0, 0.1) is 12.8 Å². The van der Waals surface area contributed by atoms with Crippen LogP contribution in [0.3, 0.4) is 0 Å². The van der Waals surface area contributed by atoms with Gasteiger partial charge < -0.3 is 5.32 Å². The summed E-state index contributed by atoms with van der Waals surface area (Å²) < 4.78 is 2.35. The van der Waals surface area contributed by atoms with E-state index in [1.165, 1.54) is 27.4 Å². The number of carbonyl (C=O) groups excluding carboxylic acids is 1. The van der Waals surface area contributed by atoms with Gasteiger partial charge in [-0.2, -0.15) is 0 Å². The third kappa shape index (κ3) is 5.77. The highest BCUT2D eigenvalue weighted by atomic mass is 32.2. The Labute approximate surface area is 198 Å². The van der Waals surface area contributed by atoms with Crippen molar-refractivity contribution in [2.24, 2.45) is 5.92 Å². The normalized spacial score (nSPS) is 15.6. The molecule has 168 valence electrons. The average Bonchev–Trinajstić information content (AvgIpc) is 3.24. The number of hydrogen-bond donors (Lipinski definition) is 1. The Hall–Kier alpha value is -2.22. The number of hydrogen-bond acceptors (Lipinski definition) is 6. The number of anilines is 1. The van der Waals surface area contributed by atoms with Crippen LogP contribution in [0.25, 0.3) is 10.6 Å². The topological polar surface area (TPSA) is 58.1 Å². The third-order valence-electron chi connectivity index (χ3n) is 5.73. The van der Waals surface area contributed by atoms with E-state index in [0.29, 0.717) is 5.13 Å². The molecule has 1 amide bonds. The second-order valence-electron chi connectivity index (χ2n) is 9.34. The molecule has 1 N–H and O–H groups in total. The molecule has 0 atom stereocenters. The Morgan fingerprint density at radius 2 is 1.69 bits per heavy atom. The summed E-state index contributed by atoms with van der Waals surface area (Å²) >= 11 is 3.20. The van der Waals surface area contributed by atoms with E-state index in [4.69, 9.17) is 0 Å². The summed E-state index contributed by atoms with van der Waals surface area (Å²) in [4.78, 5) is 14.0. The Morgan fingerprint density at radius 3 is 2.31 bits per heavy atom. The fraction of sp³-hybridized carbons (Fsp3) is 0.400. The van der Waals surface area contributed by atoms with E-state index < -0.39 is 0 Å². The van der Waals surface area contributed by atoms with E-state index in [0.717, 1.165) is 36.5 Å². The van der Waals surface area contributed by atoms with Crippen molar-refractivity contribution in [2.45, 2.75) is 50.8 Å². The van der Waals surface area contributed by atoms with Gasteiger partial charge in [0.1, 0.15) is 5.01 Å². The van der Waals surface area contributed by atoms with Crippen molar-refractivity contribution in [1.29, 1.82) is 0 Å². The predicted octanol–water partition coefficient (Wildman–Crippen LogP) is 6.17. The van der Waals surface area contributed by atoms with Gasteiger partial charge in [0.05, 0.1) is 0 Å². The van der Waals surface area contributed by atoms with Crippen LogP contribution >= 0.6 is 23.3 Å². The van der Waals surface area contributed by atoms with E-state index in [-0.39, 0.29) is 17.2 Å². The van der Waals surface area contributed by atoms with Crippen LogP contribution in [-0.2, 0) is 10.2 Å². The molecule has 0 saturated carbocycles. The molecular formula is C25H30N4OS2. The lowest BCUT2D eigenvalue weighted by molar-refractivity contribution is -0.120. The van der Waals surface area contributed by atoms with Gasteiger partial charge in [-0.25, -0.2) is 4.31 Å². The van der Waals surface area contributed by atoms with Crippen LogP contribution in [0.5, 0.6) is 0 Å². The highest BCUT2D eigenvalue weighted by Crippen LogP contribution is 2.31. The molecule has 0 unspecified atom stereocenters. The van der Waals surface area contributed by atoms with Crippen LogP contribution in [0.15, 0.2) is 53.4 Å². The van der Waals surface area contributed by atoms with E-state index in [1.54, 1.807) is 11.9 Å². The molecule has 7 heteroatoms. The minimum absolute atomic E-state index is 0.0169. The van der Waals surface area contributed by atoms with Gasteiger partial charge in [0.15, 0.2) is 0 Å². The summed E-state index contributed by atoms with van der Waals surface area (Å²) in [6.07, 6.45) is 1.70. The van der Waals surface area contributed by atoms with Gasteiger partial charge in [-0.1, -0.05) is 74.1 Å². The molecule has 1 aliphatic rings. The Morgan fingerprint density at radius 1 is 1.03 bits per heavy atom. The van der Waals surface area contributed by atoms with Gasteiger partial charge >= 0.3 is 0 Å². The van der Waals surface area contributed by atoms with Crippen molar-refractivity contribution in [2.75, 3.05) is 18.4 Å². The maximum Gasteiger partial charge on any atom is 0.229 e. The first-order chi connectivity index (χ1) is 15.3. The number of nitrogens with one attached hydrogen (secondary N) is 1. The van der Waals surface area contributed by atoms with Crippen LogP contribution in [-0.4, -0.2) is 33.5 Å². The zero-order chi connectivity index (χ0) is 22.7. The van der Waals surface area contributed by atoms with E-state index in [9.17, 15) is 4.79 Å². The Bertz CT molecular complexity index is 1050. The lowest BCUT2D eigenvalue weighted by Crippen LogP contribution is -2.34. The number of carbonyl (C=O) groups is 1. The van der Waals surface area contributed by atoms with Crippen LogP contribution in [0.1, 0.15) is 44.7 Å². The summed E-state index contributed by atoms with van der Waals surface area (Å²) in [5.41, 5.74) is 3.70. The molecule has 32 heavy (non-hydrogen) atoms. The van der Waals surface area contributed by atoms with Gasteiger partial charge in [0.2, 0.25) is 11.0 Å². The first kappa shape index (κ1) is 23.0. The molecule has 1 aromatic heterocycles. The zero-order valence-electron chi connectivity index (χ0n) is 19.1. The van der Waals surface area contributed by atoms with Crippen LogP contribution in [0.2, 0.25) is 0 Å². The van der Waals surface area contributed by atoms with Crippen molar-refractivity contribution in [3.05, 3.63) is 59.7 Å². The maximum absolute atomic E-state index is 12.8. The van der Waals surface area contributed by atoms with Gasteiger partial charge in [-0.15, -0.1) is 10.2 Å². The summed E-state index contributed by atoms with van der Waals surface area (Å²) in [6.45, 7) is 10.5. The molecule has 0 spiro atoms. The minimum Gasteiger partial charge on any atom is -0.300 e. The molecule has 4 rings (SSSR count). The third-order valence-corrected chi connectivity index (χ3v) is 7.73. The molecule has 1 fully saturated rings. The fourth-order valence-corrected chi connectivity index (χ4v) is 5.37. The highest BCUT2D eigenvalue weighted by molar-refractivity contribution is 7.97. The lowest BCUT2D eigenvalue weighted by Gasteiger charge is -2.30. The minimum atomic E-state index is 0.0169. The van der Waals surface area contributed by atoms with Gasteiger partial charge in [-0.3, -0.25) is 4.79 Å². The molecule has 1 saturated heterocycles. The first-order valence-corrected chi connectivity index (χ1v) is 12.6. The molecule has 1 aliphatic heterocycles.